The van der Waals surface area contributed by atoms with Crippen molar-refractivity contribution in [1.29, 1.82) is 0 Å². The molecule has 0 fully saturated rings. The van der Waals surface area contributed by atoms with Crippen molar-refractivity contribution >= 4 is 27.5 Å². The first-order valence-corrected chi connectivity index (χ1v) is 5.21. The van der Waals surface area contributed by atoms with Gasteiger partial charge in [0, 0.05) is 22.2 Å². The summed E-state index contributed by atoms with van der Waals surface area (Å²) < 4.78 is 1.02. The van der Waals surface area contributed by atoms with Gasteiger partial charge in [0.2, 0.25) is 0 Å². The molecule has 0 spiro atoms. The quantitative estimate of drug-likeness (QED) is 0.748. The lowest BCUT2D eigenvalue weighted by atomic mass is 10.1. The van der Waals surface area contributed by atoms with Gasteiger partial charge in [0.05, 0.1) is 0 Å². The summed E-state index contributed by atoms with van der Waals surface area (Å²) in [6.45, 7) is 2.12. The predicted molar refractivity (Wildman–Crippen MR) is 55.5 cm³/mol. The fourth-order valence-corrected chi connectivity index (χ4v) is 1.28. The second kappa shape index (κ2) is 4.83. The third-order valence-corrected chi connectivity index (χ3v) is 2.61. The van der Waals surface area contributed by atoms with Crippen LogP contribution in [0.15, 0.2) is 22.8 Å². The highest BCUT2D eigenvalue weighted by Gasteiger charge is 2.02. The molecule has 1 unspecified atom stereocenters. The molecule has 12 heavy (non-hydrogen) atoms. The van der Waals surface area contributed by atoms with E-state index in [0.29, 0.717) is 11.8 Å². The van der Waals surface area contributed by atoms with Gasteiger partial charge in [0.1, 0.15) is 0 Å². The molecule has 1 aromatic heterocycles. The second-order valence-electron chi connectivity index (χ2n) is 2.93. The average Bonchev–Trinajstić information content (AvgIpc) is 2.09. The van der Waals surface area contributed by atoms with Gasteiger partial charge in [-0.3, -0.25) is 4.98 Å². The topological polar surface area (TPSA) is 12.9 Å². The minimum Gasteiger partial charge on any atom is -0.260 e. The predicted octanol–water partition coefficient (Wildman–Crippen LogP) is 3.26. The minimum absolute atomic E-state index is 0.500. The third kappa shape index (κ3) is 3.11. The summed E-state index contributed by atoms with van der Waals surface area (Å²) in [7, 11) is 0. The van der Waals surface area contributed by atoms with E-state index in [9.17, 15) is 0 Å². The molecule has 0 bridgehead atoms. The van der Waals surface area contributed by atoms with Gasteiger partial charge < -0.3 is 0 Å². The lowest BCUT2D eigenvalue weighted by Crippen LogP contribution is -2.02. The van der Waals surface area contributed by atoms with E-state index >= 15 is 0 Å². The summed E-state index contributed by atoms with van der Waals surface area (Å²) in [5, 5.41) is 0. The van der Waals surface area contributed by atoms with Crippen molar-refractivity contribution in [3.63, 3.8) is 0 Å². The molecule has 0 saturated heterocycles. The van der Waals surface area contributed by atoms with E-state index in [1.54, 1.807) is 0 Å². The molecule has 0 aliphatic carbocycles. The molecule has 1 nitrogen and oxygen atoms in total. The van der Waals surface area contributed by atoms with Gasteiger partial charge in [-0.2, -0.15) is 0 Å². The fraction of sp³-hybridized carbons (Fsp3) is 0.444. The van der Waals surface area contributed by atoms with Crippen molar-refractivity contribution in [2.24, 2.45) is 5.92 Å². The zero-order valence-electron chi connectivity index (χ0n) is 6.93. The summed E-state index contributed by atoms with van der Waals surface area (Å²) in [6.07, 6.45) is 2.77. The summed E-state index contributed by atoms with van der Waals surface area (Å²) in [4.78, 5) is 4.26. The van der Waals surface area contributed by atoms with Gasteiger partial charge in [-0.15, -0.1) is 11.6 Å². The number of rotatable bonds is 3. The molecule has 0 aliphatic rings. The third-order valence-electron chi connectivity index (χ3n) is 1.61. The average molecular weight is 249 g/mol. The first-order chi connectivity index (χ1) is 5.72. The molecular weight excluding hydrogens is 237 g/mol. The fourth-order valence-electron chi connectivity index (χ4n) is 0.939. The largest absolute Gasteiger partial charge is 0.260 e. The second-order valence-corrected chi connectivity index (χ2v) is 4.16. The van der Waals surface area contributed by atoms with Crippen molar-refractivity contribution in [3.8, 4) is 0 Å². The van der Waals surface area contributed by atoms with Crippen LogP contribution >= 0.6 is 27.5 Å². The molecule has 0 aliphatic heterocycles. The first kappa shape index (κ1) is 10.0. The number of aromatic nitrogens is 1. The standard InChI is InChI=1S/C9H11BrClN/c1-7(5-11)4-9-3-2-8(10)6-12-9/h2-3,6-7H,4-5H2,1H3. The van der Waals surface area contributed by atoms with E-state index in [0.717, 1.165) is 16.6 Å². The lowest BCUT2D eigenvalue weighted by molar-refractivity contribution is 0.642. The molecule has 1 heterocycles. The van der Waals surface area contributed by atoms with Crippen molar-refractivity contribution < 1.29 is 0 Å². The normalized spacial score (nSPS) is 12.9. The Balaban J connectivity index is 2.58. The van der Waals surface area contributed by atoms with E-state index < -0.39 is 0 Å². The Kier molecular flexibility index (Phi) is 4.02. The maximum absolute atomic E-state index is 5.70. The van der Waals surface area contributed by atoms with Crippen molar-refractivity contribution in [1.82, 2.24) is 4.98 Å². The smallest absolute Gasteiger partial charge is 0.0413 e. The molecule has 0 amide bonds. The summed E-state index contributed by atoms with van der Waals surface area (Å²) in [6, 6.07) is 4.02. The van der Waals surface area contributed by atoms with Crippen LogP contribution in [0.5, 0.6) is 0 Å². The highest BCUT2D eigenvalue weighted by molar-refractivity contribution is 9.10. The molecule has 0 aromatic carbocycles. The minimum atomic E-state index is 0.500. The highest BCUT2D eigenvalue weighted by Crippen LogP contribution is 2.11. The lowest BCUT2D eigenvalue weighted by Gasteiger charge is -2.05. The van der Waals surface area contributed by atoms with Gasteiger partial charge >= 0.3 is 0 Å². The van der Waals surface area contributed by atoms with Gasteiger partial charge in [0.25, 0.3) is 0 Å². The number of nitrogens with zero attached hydrogens (tertiary/aromatic N) is 1. The van der Waals surface area contributed by atoms with Gasteiger partial charge in [-0.05, 0) is 40.4 Å². The van der Waals surface area contributed by atoms with E-state index in [4.69, 9.17) is 11.6 Å². The Bertz CT molecular complexity index is 235. The number of pyridine rings is 1. The Morgan fingerprint density at radius 1 is 1.58 bits per heavy atom. The molecule has 0 N–H and O–H groups in total. The molecule has 1 atom stereocenters. The van der Waals surface area contributed by atoms with Crippen LogP contribution < -0.4 is 0 Å². The Morgan fingerprint density at radius 3 is 2.83 bits per heavy atom. The molecule has 3 heteroatoms. The van der Waals surface area contributed by atoms with Gasteiger partial charge in [0.15, 0.2) is 0 Å². The number of alkyl halides is 1. The Labute approximate surface area is 86.3 Å². The SMILES string of the molecule is CC(CCl)Cc1ccc(Br)cn1. The van der Waals surface area contributed by atoms with Crippen LogP contribution in [-0.4, -0.2) is 10.9 Å². The maximum atomic E-state index is 5.70. The van der Waals surface area contributed by atoms with Gasteiger partial charge in [-0.25, -0.2) is 0 Å². The maximum Gasteiger partial charge on any atom is 0.0413 e. The van der Waals surface area contributed by atoms with Gasteiger partial charge in [-0.1, -0.05) is 6.92 Å². The number of hydrogen-bond acceptors (Lipinski definition) is 1. The summed E-state index contributed by atoms with van der Waals surface area (Å²) in [5.74, 6) is 1.19. The summed E-state index contributed by atoms with van der Waals surface area (Å²) in [5.41, 5.74) is 1.10. The highest BCUT2D eigenvalue weighted by atomic mass is 79.9. The molecule has 0 saturated carbocycles. The van der Waals surface area contributed by atoms with Crippen LogP contribution in [0.4, 0.5) is 0 Å². The Hall–Kier alpha value is -0.0800. The van der Waals surface area contributed by atoms with Crippen molar-refractivity contribution in [2.75, 3.05) is 5.88 Å². The molecule has 0 radical (unpaired) electrons. The zero-order valence-corrected chi connectivity index (χ0v) is 9.27. The van der Waals surface area contributed by atoms with Crippen molar-refractivity contribution in [2.45, 2.75) is 13.3 Å². The van der Waals surface area contributed by atoms with Crippen LogP contribution in [0.25, 0.3) is 0 Å². The van der Waals surface area contributed by atoms with E-state index in [-0.39, 0.29) is 0 Å². The van der Waals surface area contributed by atoms with E-state index in [1.807, 2.05) is 18.3 Å². The molecule has 66 valence electrons. The van der Waals surface area contributed by atoms with E-state index in [1.165, 1.54) is 0 Å². The first-order valence-electron chi connectivity index (χ1n) is 3.88. The van der Waals surface area contributed by atoms with Crippen LogP contribution in [-0.2, 0) is 6.42 Å². The van der Waals surface area contributed by atoms with Crippen LogP contribution in [0.2, 0.25) is 0 Å². The Morgan fingerprint density at radius 2 is 2.33 bits per heavy atom. The number of halogens is 2. The van der Waals surface area contributed by atoms with Crippen molar-refractivity contribution in [3.05, 3.63) is 28.5 Å². The van der Waals surface area contributed by atoms with Crippen LogP contribution in [0.3, 0.4) is 0 Å². The molecule has 1 aromatic rings. The molecular formula is C9H11BrClN. The zero-order chi connectivity index (χ0) is 8.97. The number of hydrogen-bond donors (Lipinski definition) is 0. The van der Waals surface area contributed by atoms with Crippen LogP contribution in [0, 0.1) is 5.92 Å². The van der Waals surface area contributed by atoms with Crippen LogP contribution in [0.1, 0.15) is 12.6 Å². The molecule has 1 rings (SSSR count). The monoisotopic (exact) mass is 247 g/mol. The van der Waals surface area contributed by atoms with E-state index in [2.05, 4.69) is 27.8 Å². The summed E-state index contributed by atoms with van der Waals surface area (Å²) >= 11 is 9.04.